The van der Waals surface area contributed by atoms with E-state index in [-0.39, 0.29) is 12.4 Å². The summed E-state index contributed by atoms with van der Waals surface area (Å²) in [5.74, 6) is 0.862. The molecular formula is C19H20N4O4. The summed E-state index contributed by atoms with van der Waals surface area (Å²) in [6, 6.07) is 7.24. The fourth-order valence-corrected chi connectivity index (χ4v) is 2.74. The van der Waals surface area contributed by atoms with Gasteiger partial charge in [0.2, 0.25) is 5.82 Å². The molecule has 3 aromatic rings. The highest BCUT2D eigenvalue weighted by Crippen LogP contribution is 2.36. The van der Waals surface area contributed by atoms with Gasteiger partial charge >= 0.3 is 5.97 Å². The zero-order valence-electron chi connectivity index (χ0n) is 15.6. The number of para-hydroxylation sites is 1. The lowest BCUT2D eigenvalue weighted by Crippen LogP contribution is -2.14. The van der Waals surface area contributed by atoms with E-state index < -0.39 is 5.97 Å². The number of aromatic nitrogens is 4. The van der Waals surface area contributed by atoms with Crippen LogP contribution < -0.4 is 9.47 Å². The maximum Gasteiger partial charge on any atom is 0.376 e. The highest BCUT2D eigenvalue weighted by atomic mass is 16.5. The van der Waals surface area contributed by atoms with Gasteiger partial charge in [-0.3, -0.25) is 9.55 Å². The van der Waals surface area contributed by atoms with Gasteiger partial charge in [-0.25, -0.2) is 4.79 Å². The van der Waals surface area contributed by atoms with Crippen LogP contribution in [0.4, 0.5) is 0 Å². The van der Waals surface area contributed by atoms with E-state index in [1.807, 2.05) is 13.0 Å². The number of methoxy groups -OCH3 is 2. The lowest BCUT2D eigenvalue weighted by atomic mass is 10.2. The summed E-state index contributed by atoms with van der Waals surface area (Å²) >= 11 is 0. The van der Waals surface area contributed by atoms with Crippen molar-refractivity contribution in [3.8, 4) is 28.6 Å². The number of hydrogen-bond donors (Lipinski definition) is 0. The number of rotatable bonds is 6. The van der Waals surface area contributed by atoms with Crippen LogP contribution in [0.5, 0.6) is 11.5 Å². The average Bonchev–Trinajstić information content (AvgIpc) is 3.12. The Kier molecular flexibility index (Phi) is 5.35. The molecule has 0 aliphatic carbocycles. The standard InChI is InChI=1S/C19H20N4O4/c1-5-27-19(24)18-22-21-17(13-9-12(2)10-20-11-13)23(18)16-14(25-3)7-6-8-15(16)26-4/h6-11H,5H2,1-4H3. The van der Waals surface area contributed by atoms with Crippen molar-refractivity contribution in [3.63, 3.8) is 0 Å². The first-order valence-corrected chi connectivity index (χ1v) is 8.36. The van der Waals surface area contributed by atoms with E-state index in [0.29, 0.717) is 28.6 Å². The lowest BCUT2D eigenvalue weighted by Gasteiger charge is -2.16. The van der Waals surface area contributed by atoms with Crippen molar-refractivity contribution in [3.05, 3.63) is 48.0 Å². The molecule has 0 N–H and O–H groups in total. The molecule has 3 rings (SSSR count). The van der Waals surface area contributed by atoms with Gasteiger partial charge in [0.25, 0.3) is 0 Å². The van der Waals surface area contributed by atoms with Gasteiger partial charge in [-0.15, -0.1) is 10.2 Å². The molecule has 1 aromatic carbocycles. The number of esters is 1. The number of carbonyl (C=O) groups is 1. The van der Waals surface area contributed by atoms with Gasteiger partial charge < -0.3 is 14.2 Å². The molecule has 0 saturated heterocycles. The Bertz CT molecular complexity index is 946. The number of pyridine rings is 1. The molecule has 140 valence electrons. The normalized spacial score (nSPS) is 10.5. The van der Waals surface area contributed by atoms with Crippen molar-refractivity contribution in [1.82, 2.24) is 19.7 Å². The SMILES string of the molecule is CCOC(=O)c1nnc(-c2cncc(C)c2)n1-c1c(OC)cccc1OC. The summed E-state index contributed by atoms with van der Waals surface area (Å²) in [5, 5.41) is 8.29. The van der Waals surface area contributed by atoms with Crippen LogP contribution in [-0.2, 0) is 4.74 Å². The number of aryl methyl sites for hydroxylation is 1. The van der Waals surface area contributed by atoms with Crippen LogP contribution in [-0.4, -0.2) is 46.5 Å². The molecule has 2 heterocycles. The van der Waals surface area contributed by atoms with Crippen molar-refractivity contribution < 1.29 is 19.0 Å². The number of ether oxygens (including phenoxy) is 3. The third-order valence-corrected chi connectivity index (χ3v) is 3.88. The van der Waals surface area contributed by atoms with E-state index in [1.165, 1.54) is 0 Å². The Morgan fingerprint density at radius 2 is 1.81 bits per heavy atom. The fraction of sp³-hybridized carbons (Fsp3) is 0.263. The Morgan fingerprint density at radius 3 is 2.41 bits per heavy atom. The molecule has 2 aromatic heterocycles. The van der Waals surface area contributed by atoms with Crippen molar-refractivity contribution in [2.24, 2.45) is 0 Å². The van der Waals surface area contributed by atoms with Gasteiger partial charge in [0.1, 0.15) is 17.2 Å². The first-order chi connectivity index (χ1) is 13.1. The quantitative estimate of drug-likeness (QED) is 0.618. The molecule has 0 unspecified atom stereocenters. The monoisotopic (exact) mass is 368 g/mol. The number of hydrogen-bond acceptors (Lipinski definition) is 7. The van der Waals surface area contributed by atoms with Gasteiger partial charge in [-0.1, -0.05) is 6.07 Å². The Balaban J connectivity index is 2.33. The molecule has 27 heavy (non-hydrogen) atoms. The molecule has 0 radical (unpaired) electrons. The zero-order chi connectivity index (χ0) is 19.4. The summed E-state index contributed by atoms with van der Waals surface area (Å²) in [7, 11) is 3.08. The summed E-state index contributed by atoms with van der Waals surface area (Å²) in [6.07, 6.45) is 3.39. The predicted octanol–water partition coefficient (Wildman–Crippen LogP) is 2.83. The highest BCUT2D eigenvalue weighted by Gasteiger charge is 2.26. The van der Waals surface area contributed by atoms with Gasteiger partial charge in [-0.2, -0.15) is 0 Å². The molecule has 8 heteroatoms. The van der Waals surface area contributed by atoms with E-state index in [0.717, 1.165) is 5.56 Å². The summed E-state index contributed by atoms with van der Waals surface area (Å²) in [6.45, 7) is 3.87. The minimum Gasteiger partial charge on any atom is -0.494 e. The summed E-state index contributed by atoms with van der Waals surface area (Å²) in [5.41, 5.74) is 2.16. The predicted molar refractivity (Wildman–Crippen MR) is 98.4 cm³/mol. The fourth-order valence-electron chi connectivity index (χ4n) is 2.74. The second kappa shape index (κ2) is 7.86. The topological polar surface area (TPSA) is 88.4 Å². The van der Waals surface area contributed by atoms with Crippen molar-refractivity contribution >= 4 is 5.97 Å². The first-order valence-electron chi connectivity index (χ1n) is 8.36. The van der Waals surface area contributed by atoms with Crippen LogP contribution in [0.15, 0.2) is 36.7 Å². The summed E-state index contributed by atoms with van der Waals surface area (Å²) in [4.78, 5) is 16.7. The molecule has 8 nitrogen and oxygen atoms in total. The smallest absolute Gasteiger partial charge is 0.376 e. The van der Waals surface area contributed by atoms with E-state index in [9.17, 15) is 4.79 Å². The number of benzene rings is 1. The molecule has 0 aliphatic rings. The number of carbonyl (C=O) groups excluding carboxylic acids is 1. The van der Waals surface area contributed by atoms with E-state index in [1.54, 1.807) is 56.3 Å². The van der Waals surface area contributed by atoms with Crippen molar-refractivity contribution in [2.45, 2.75) is 13.8 Å². The van der Waals surface area contributed by atoms with Crippen LogP contribution in [0.1, 0.15) is 23.1 Å². The molecule has 0 bridgehead atoms. The maximum atomic E-state index is 12.5. The van der Waals surface area contributed by atoms with Gasteiger partial charge in [-0.05, 0) is 37.6 Å². The largest absolute Gasteiger partial charge is 0.494 e. The molecule has 0 spiro atoms. The van der Waals surface area contributed by atoms with Crippen LogP contribution in [0.2, 0.25) is 0 Å². The second-order valence-electron chi connectivity index (χ2n) is 5.67. The van der Waals surface area contributed by atoms with Gasteiger partial charge in [0.05, 0.1) is 20.8 Å². The van der Waals surface area contributed by atoms with Crippen LogP contribution >= 0.6 is 0 Å². The third-order valence-electron chi connectivity index (χ3n) is 3.88. The van der Waals surface area contributed by atoms with Crippen LogP contribution in [0, 0.1) is 6.92 Å². The lowest BCUT2D eigenvalue weighted by molar-refractivity contribution is 0.0509. The zero-order valence-corrected chi connectivity index (χ0v) is 15.6. The Hall–Kier alpha value is -3.42. The molecule has 0 amide bonds. The Morgan fingerprint density at radius 1 is 1.11 bits per heavy atom. The van der Waals surface area contributed by atoms with Crippen LogP contribution in [0.3, 0.4) is 0 Å². The maximum absolute atomic E-state index is 12.5. The minimum absolute atomic E-state index is 0.0242. The van der Waals surface area contributed by atoms with Gasteiger partial charge in [0.15, 0.2) is 5.82 Å². The van der Waals surface area contributed by atoms with E-state index in [4.69, 9.17) is 14.2 Å². The third kappa shape index (κ3) is 3.46. The van der Waals surface area contributed by atoms with Crippen molar-refractivity contribution in [2.75, 3.05) is 20.8 Å². The highest BCUT2D eigenvalue weighted by molar-refractivity contribution is 5.88. The average molecular weight is 368 g/mol. The van der Waals surface area contributed by atoms with Crippen LogP contribution in [0.25, 0.3) is 17.1 Å². The second-order valence-corrected chi connectivity index (χ2v) is 5.67. The van der Waals surface area contributed by atoms with E-state index >= 15 is 0 Å². The van der Waals surface area contributed by atoms with E-state index in [2.05, 4.69) is 15.2 Å². The molecule has 0 saturated carbocycles. The molecular weight excluding hydrogens is 348 g/mol. The molecule has 0 aliphatic heterocycles. The van der Waals surface area contributed by atoms with Gasteiger partial charge in [0, 0.05) is 18.0 Å². The molecule has 0 fully saturated rings. The van der Waals surface area contributed by atoms with Crippen molar-refractivity contribution in [1.29, 1.82) is 0 Å². The first kappa shape index (κ1) is 18.4. The molecule has 0 atom stereocenters. The number of nitrogens with zero attached hydrogens (tertiary/aromatic N) is 4. The summed E-state index contributed by atoms with van der Waals surface area (Å²) < 4.78 is 17.7. The minimum atomic E-state index is -0.593. The Labute approximate surface area is 156 Å².